The number of fused-ring (bicyclic) bond motifs is 1. The SMILES string of the molecule is O=C(CN1C(=O)C=CN2NC(C(F)(F)F)CC21)Nc1scc(Cl)c1-c1ncn[nH]1. The van der Waals surface area contributed by atoms with Gasteiger partial charge in [-0.3, -0.25) is 19.7 Å². The summed E-state index contributed by atoms with van der Waals surface area (Å²) >= 11 is 7.29. The van der Waals surface area contributed by atoms with Gasteiger partial charge >= 0.3 is 6.18 Å². The normalized spacial score (nSPS) is 21.6. The van der Waals surface area contributed by atoms with Crippen molar-refractivity contribution in [3.8, 4) is 11.4 Å². The van der Waals surface area contributed by atoms with E-state index in [0.29, 0.717) is 21.4 Å². The molecule has 1 fully saturated rings. The Balaban J connectivity index is 1.49. The van der Waals surface area contributed by atoms with Crippen LogP contribution in [0.1, 0.15) is 6.42 Å². The van der Waals surface area contributed by atoms with E-state index >= 15 is 0 Å². The molecule has 2 amide bonds. The van der Waals surface area contributed by atoms with Gasteiger partial charge in [0.1, 0.15) is 30.1 Å². The molecule has 9 nitrogen and oxygen atoms in total. The number of halogens is 4. The predicted molar refractivity (Wildman–Crippen MR) is 97.4 cm³/mol. The Hall–Kier alpha value is -2.64. The summed E-state index contributed by atoms with van der Waals surface area (Å²) < 4.78 is 39.1. The Morgan fingerprint density at radius 2 is 2.24 bits per heavy atom. The second kappa shape index (κ2) is 7.31. The first-order valence-corrected chi connectivity index (χ1v) is 9.52. The van der Waals surface area contributed by atoms with Gasteiger partial charge in [-0.25, -0.2) is 10.4 Å². The van der Waals surface area contributed by atoms with Crippen LogP contribution < -0.4 is 10.7 Å². The quantitative estimate of drug-likeness (QED) is 0.661. The van der Waals surface area contributed by atoms with Gasteiger partial charge in [0.15, 0.2) is 5.82 Å². The third kappa shape index (κ3) is 3.80. The maximum atomic E-state index is 13.0. The van der Waals surface area contributed by atoms with E-state index in [0.717, 1.165) is 22.3 Å². The third-order valence-corrected chi connectivity index (χ3v) is 5.78. The molecule has 2 aromatic heterocycles. The van der Waals surface area contributed by atoms with Gasteiger partial charge in [-0.15, -0.1) is 11.3 Å². The molecule has 2 aliphatic heterocycles. The molecular formula is C15H13ClF3N7O2S. The fourth-order valence-corrected chi connectivity index (χ4v) is 4.35. The summed E-state index contributed by atoms with van der Waals surface area (Å²) in [5.41, 5.74) is 2.74. The van der Waals surface area contributed by atoms with Crippen LogP contribution in [-0.4, -0.2) is 61.8 Å². The summed E-state index contributed by atoms with van der Waals surface area (Å²) in [6.45, 7) is -0.429. The summed E-state index contributed by atoms with van der Waals surface area (Å²) in [7, 11) is 0. The lowest BCUT2D eigenvalue weighted by Gasteiger charge is -2.35. The zero-order valence-electron chi connectivity index (χ0n) is 14.4. The van der Waals surface area contributed by atoms with E-state index in [4.69, 9.17) is 11.6 Å². The first kappa shape index (κ1) is 19.7. The summed E-state index contributed by atoms with van der Waals surface area (Å²) in [6, 6.07) is -1.80. The summed E-state index contributed by atoms with van der Waals surface area (Å²) in [6.07, 6.45) is -2.15. The minimum absolute atomic E-state index is 0.346. The molecule has 2 aromatic rings. The van der Waals surface area contributed by atoms with Crippen LogP contribution in [0, 0.1) is 0 Å². The fraction of sp³-hybridized carbons (Fsp3) is 0.333. The van der Waals surface area contributed by atoms with Crippen molar-refractivity contribution in [3.63, 3.8) is 0 Å². The number of rotatable bonds is 4. The molecular weight excluding hydrogens is 435 g/mol. The van der Waals surface area contributed by atoms with Crippen molar-refractivity contribution >= 4 is 39.8 Å². The van der Waals surface area contributed by atoms with E-state index < -0.39 is 36.7 Å². The van der Waals surface area contributed by atoms with Crippen molar-refractivity contribution in [2.45, 2.75) is 24.8 Å². The lowest BCUT2D eigenvalue weighted by molar-refractivity contribution is -0.155. The second-order valence-corrected chi connectivity index (χ2v) is 7.59. The predicted octanol–water partition coefficient (Wildman–Crippen LogP) is 1.95. The van der Waals surface area contributed by atoms with Crippen LogP contribution in [0.2, 0.25) is 5.02 Å². The van der Waals surface area contributed by atoms with Gasteiger partial charge in [0, 0.05) is 24.1 Å². The Morgan fingerprint density at radius 3 is 2.93 bits per heavy atom. The molecule has 154 valence electrons. The third-order valence-electron chi connectivity index (χ3n) is 4.45. The highest BCUT2D eigenvalue weighted by atomic mass is 35.5. The van der Waals surface area contributed by atoms with Crippen LogP contribution in [0.3, 0.4) is 0 Å². The molecule has 2 unspecified atom stereocenters. The second-order valence-electron chi connectivity index (χ2n) is 6.30. The van der Waals surface area contributed by atoms with Crippen molar-refractivity contribution in [1.29, 1.82) is 0 Å². The number of aromatic nitrogens is 3. The summed E-state index contributed by atoms with van der Waals surface area (Å²) in [4.78, 5) is 29.9. The minimum Gasteiger partial charge on any atom is -0.315 e. The number of aromatic amines is 1. The van der Waals surface area contributed by atoms with Crippen LogP contribution in [0.4, 0.5) is 18.2 Å². The van der Waals surface area contributed by atoms with Gasteiger partial charge < -0.3 is 10.2 Å². The lowest BCUT2D eigenvalue weighted by Crippen LogP contribution is -2.53. The summed E-state index contributed by atoms with van der Waals surface area (Å²) in [5.74, 6) is -0.781. The molecule has 0 aromatic carbocycles. The minimum atomic E-state index is -4.47. The van der Waals surface area contributed by atoms with E-state index in [2.05, 4.69) is 25.9 Å². The number of alkyl halides is 3. The zero-order valence-corrected chi connectivity index (χ0v) is 16.0. The van der Waals surface area contributed by atoms with Gasteiger partial charge in [0.05, 0.1) is 10.6 Å². The summed E-state index contributed by atoms with van der Waals surface area (Å²) in [5, 5.41) is 12.5. The van der Waals surface area contributed by atoms with Crippen LogP contribution in [0.25, 0.3) is 11.4 Å². The van der Waals surface area contributed by atoms with Crippen molar-refractivity contribution in [2.75, 3.05) is 11.9 Å². The lowest BCUT2D eigenvalue weighted by atomic mass is 10.1. The number of anilines is 1. The highest BCUT2D eigenvalue weighted by molar-refractivity contribution is 7.15. The number of hydrazine groups is 1. The Labute approximate surface area is 170 Å². The van der Waals surface area contributed by atoms with Crippen LogP contribution in [-0.2, 0) is 9.59 Å². The Morgan fingerprint density at radius 1 is 1.45 bits per heavy atom. The molecule has 14 heteroatoms. The standard InChI is InChI=1S/C15H13ClF3N7O2S/c16-7-5-29-14(12(7)13-20-6-21-23-13)22-9(27)4-25-10-3-8(15(17,18)19)24-26(10)2-1-11(25)28/h1-2,5-6,8,10,24H,3-4H2,(H,22,27)(H,20,21,23). The van der Waals surface area contributed by atoms with Gasteiger partial charge in [-0.2, -0.15) is 18.3 Å². The first-order chi connectivity index (χ1) is 13.7. The van der Waals surface area contributed by atoms with Crippen molar-refractivity contribution in [1.82, 2.24) is 30.5 Å². The van der Waals surface area contributed by atoms with Crippen molar-refractivity contribution in [3.05, 3.63) is 29.0 Å². The highest BCUT2D eigenvalue weighted by Gasteiger charge is 2.50. The number of carbonyl (C=O) groups excluding carboxylic acids is 2. The highest BCUT2D eigenvalue weighted by Crippen LogP contribution is 2.38. The number of hydrogen-bond acceptors (Lipinski definition) is 7. The maximum absolute atomic E-state index is 13.0. The Kier molecular flexibility index (Phi) is 4.96. The number of nitrogens with one attached hydrogen (secondary N) is 3. The van der Waals surface area contributed by atoms with E-state index in [9.17, 15) is 22.8 Å². The Bertz CT molecular complexity index is 962. The van der Waals surface area contributed by atoms with Gasteiger partial charge in [-0.1, -0.05) is 11.6 Å². The van der Waals surface area contributed by atoms with E-state index in [1.54, 1.807) is 5.38 Å². The average molecular weight is 448 g/mol. The molecule has 1 saturated heterocycles. The van der Waals surface area contributed by atoms with E-state index in [1.807, 2.05) is 0 Å². The van der Waals surface area contributed by atoms with Gasteiger partial charge in [0.2, 0.25) is 11.8 Å². The molecule has 0 spiro atoms. The monoisotopic (exact) mass is 447 g/mol. The van der Waals surface area contributed by atoms with E-state index in [-0.39, 0.29) is 6.42 Å². The maximum Gasteiger partial charge on any atom is 0.405 e. The number of carbonyl (C=O) groups is 2. The molecule has 2 atom stereocenters. The van der Waals surface area contributed by atoms with Crippen LogP contribution in [0.15, 0.2) is 24.0 Å². The van der Waals surface area contributed by atoms with Crippen molar-refractivity contribution in [2.24, 2.45) is 0 Å². The first-order valence-electron chi connectivity index (χ1n) is 8.26. The topological polar surface area (TPSA) is 106 Å². The number of amides is 2. The number of thiophene rings is 1. The molecule has 3 N–H and O–H groups in total. The van der Waals surface area contributed by atoms with Crippen molar-refractivity contribution < 1.29 is 22.8 Å². The molecule has 0 saturated carbocycles. The van der Waals surface area contributed by atoms with Gasteiger partial charge in [0.25, 0.3) is 0 Å². The molecule has 29 heavy (non-hydrogen) atoms. The number of hydrogen-bond donors (Lipinski definition) is 3. The molecule has 0 bridgehead atoms. The molecule has 4 heterocycles. The molecule has 4 rings (SSSR count). The largest absolute Gasteiger partial charge is 0.405 e. The van der Waals surface area contributed by atoms with E-state index in [1.165, 1.54) is 17.5 Å². The van der Waals surface area contributed by atoms with Crippen LogP contribution in [0.5, 0.6) is 0 Å². The van der Waals surface area contributed by atoms with Crippen LogP contribution >= 0.6 is 22.9 Å². The average Bonchev–Trinajstić information content (AvgIpc) is 3.36. The zero-order chi connectivity index (χ0) is 20.8. The smallest absolute Gasteiger partial charge is 0.315 e. The molecule has 0 radical (unpaired) electrons. The number of H-pyrrole nitrogens is 1. The van der Waals surface area contributed by atoms with Gasteiger partial charge in [-0.05, 0) is 0 Å². The molecule has 2 aliphatic rings. The number of nitrogens with zero attached hydrogens (tertiary/aromatic N) is 4. The fourth-order valence-electron chi connectivity index (χ4n) is 3.14. The molecule has 0 aliphatic carbocycles.